The minimum Gasteiger partial charge on any atom is -0.424 e. The van der Waals surface area contributed by atoms with Crippen molar-refractivity contribution in [2.24, 2.45) is 0 Å². The van der Waals surface area contributed by atoms with Crippen molar-refractivity contribution >= 4 is 11.6 Å². The molecule has 0 saturated carbocycles. The lowest BCUT2D eigenvalue weighted by molar-refractivity contribution is 0.102. The van der Waals surface area contributed by atoms with Gasteiger partial charge in [0.2, 0.25) is 0 Å². The summed E-state index contributed by atoms with van der Waals surface area (Å²) in [5.74, 6) is 0.909. The molecule has 0 saturated heterocycles. The van der Waals surface area contributed by atoms with E-state index in [1.165, 1.54) is 5.56 Å². The normalized spacial score (nSPS) is 10.7. The number of ether oxygens (including phenoxy) is 1. The van der Waals surface area contributed by atoms with Gasteiger partial charge in [-0.3, -0.25) is 4.79 Å². The molecule has 3 aromatic rings. The Morgan fingerprint density at radius 2 is 1.52 bits per heavy atom. The molecule has 5 nitrogen and oxygen atoms in total. The third-order valence-corrected chi connectivity index (χ3v) is 4.12. The summed E-state index contributed by atoms with van der Waals surface area (Å²) in [5, 5.41) is 2.89. The van der Waals surface area contributed by atoms with E-state index in [1.54, 1.807) is 24.3 Å². The standard InChI is InChI=1S/C22H23N3O2/c1-14(2)17-5-7-18(8-6-17)21(26)25-19-9-11-20(12-10-19)27-22-23-15(3)13-16(4)24-22/h5-14H,1-4H3,(H,25,26). The minimum absolute atomic E-state index is 0.142. The number of carbonyl (C=O) groups excluding carboxylic acids is 1. The van der Waals surface area contributed by atoms with E-state index in [2.05, 4.69) is 29.1 Å². The number of carbonyl (C=O) groups is 1. The highest BCUT2D eigenvalue weighted by Gasteiger charge is 2.08. The van der Waals surface area contributed by atoms with Gasteiger partial charge in [-0.2, -0.15) is 0 Å². The van der Waals surface area contributed by atoms with Gasteiger partial charge in [-0.15, -0.1) is 0 Å². The molecular weight excluding hydrogens is 338 g/mol. The van der Waals surface area contributed by atoms with Gasteiger partial charge in [-0.25, -0.2) is 9.97 Å². The van der Waals surface area contributed by atoms with E-state index in [0.29, 0.717) is 28.9 Å². The van der Waals surface area contributed by atoms with Gasteiger partial charge < -0.3 is 10.1 Å². The third-order valence-electron chi connectivity index (χ3n) is 4.12. The van der Waals surface area contributed by atoms with Crippen molar-refractivity contribution in [3.63, 3.8) is 0 Å². The predicted molar refractivity (Wildman–Crippen MR) is 107 cm³/mol. The molecule has 0 aliphatic carbocycles. The molecule has 138 valence electrons. The molecule has 1 aromatic heterocycles. The molecule has 1 heterocycles. The highest BCUT2D eigenvalue weighted by atomic mass is 16.5. The molecule has 0 unspecified atom stereocenters. The lowest BCUT2D eigenvalue weighted by Crippen LogP contribution is -2.11. The summed E-state index contributed by atoms with van der Waals surface area (Å²) < 4.78 is 5.69. The molecule has 2 aromatic carbocycles. The molecule has 0 aliphatic heterocycles. The summed E-state index contributed by atoms with van der Waals surface area (Å²) in [6, 6.07) is 17.0. The number of hydrogen-bond acceptors (Lipinski definition) is 4. The fourth-order valence-electron chi connectivity index (χ4n) is 2.67. The summed E-state index contributed by atoms with van der Waals surface area (Å²) >= 11 is 0. The summed E-state index contributed by atoms with van der Waals surface area (Å²) in [4.78, 5) is 20.9. The molecule has 0 aliphatic rings. The van der Waals surface area contributed by atoms with Crippen molar-refractivity contribution in [2.75, 3.05) is 5.32 Å². The SMILES string of the molecule is Cc1cc(C)nc(Oc2ccc(NC(=O)c3ccc(C(C)C)cc3)cc2)n1. The van der Waals surface area contributed by atoms with Crippen LogP contribution in [0.5, 0.6) is 11.8 Å². The average Bonchev–Trinajstić information content (AvgIpc) is 2.62. The number of benzene rings is 2. The van der Waals surface area contributed by atoms with Crippen LogP contribution in [-0.2, 0) is 0 Å². The van der Waals surface area contributed by atoms with Crippen LogP contribution in [-0.4, -0.2) is 15.9 Å². The fraction of sp³-hybridized carbons (Fsp3) is 0.227. The third kappa shape index (κ3) is 4.91. The van der Waals surface area contributed by atoms with E-state index in [0.717, 1.165) is 11.4 Å². The highest BCUT2D eigenvalue weighted by Crippen LogP contribution is 2.21. The van der Waals surface area contributed by atoms with Crippen LogP contribution in [0.3, 0.4) is 0 Å². The quantitative estimate of drug-likeness (QED) is 0.673. The molecule has 0 atom stereocenters. The number of aryl methyl sites for hydroxylation is 2. The lowest BCUT2D eigenvalue weighted by Gasteiger charge is -2.09. The maximum Gasteiger partial charge on any atom is 0.322 e. The summed E-state index contributed by atoms with van der Waals surface area (Å²) in [5.41, 5.74) is 4.24. The lowest BCUT2D eigenvalue weighted by atomic mass is 10.0. The topological polar surface area (TPSA) is 64.1 Å². The number of hydrogen-bond donors (Lipinski definition) is 1. The number of anilines is 1. The first kappa shape index (κ1) is 18.6. The van der Waals surface area contributed by atoms with Gasteiger partial charge in [0.05, 0.1) is 0 Å². The van der Waals surface area contributed by atoms with Crippen LogP contribution in [0.2, 0.25) is 0 Å². The van der Waals surface area contributed by atoms with Gasteiger partial charge in [0.15, 0.2) is 0 Å². The van der Waals surface area contributed by atoms with Crippen molar-refractivity contribution in [1.29, 1.82) is 0 Å². The zero-order valence-electron chi connectivity index (χ0n) is 16.0. The van der Waals surface area contributed by atoms with Crippen molar-refractivity contribution in [3.8, 4) is 11.8 Å². The average molecular weight is 361 g/mol. The second-order valence-corrected chi connectivity index (χ2v) is 6.79. The molecule has 0 bridgehead atoms. The molecule has 0 radical (unpaired) electrons. The molecule has 5 heteroatoms. The number of rotatable bonds is 5. The van der Waals surface area contributed by atoms with Gasteiger partial charge in [-0.1, -0.05) is 26.0 Å². The second kappa shape index (κ2) is 7.99. The Kier molecular flexibility index (Phi) is 5.50. The van der Waals surface area contributed by atoms with Gasteiger partial charge in [0.1, 0.15) is 5.75 Å². The number of aromatic nitrogens is 2. The van der Waals surface area contributed by atoms with Gasteiger partial charge in [0, 0.05) is 22.6 Å². The largest absolute Gasteiger partial charge is 0.424 e. The van der Waals surface area contributed by atoms with Gasteiger partial charge >= 0.3 is 6.01 Å². The van der Waals surface area contributed by atoms with Gasteiger partial charge in [-0.05, 0) is 67.8 Å². The molecule has 0 spiro atoms. The Bertz CT molecular complexity index is 913. The molecular formula is C22H23N3O2. The minimum atomic E-state index is -0.142. The molecule has 0 fully saturated rings. The zero-order valence-corrected chi connectivity index (χ0v) is 16.0. The smallest absolute Gasteiger partial charge is 0.322 e. The summed E-state index contributed by atoms with van der Waals surface area (Å²) in [7, 11) is 0. The van der Waals surface area contributed by atoms with Crippen LogP contribution in [0.4, 0.5) is 5.69 Å². The number of nitrogens with one attached hydrogen (secondary N) is 1. The molecule has 27 heavy (non-hydrogen) atoms. The number of amides is 1. The molecule has 1 N–H and O–H groups in total. The zero-order chi connectivity index (χ0) is 19.4. The second-order valence-electron chi connectivity index (χ2n) is 6.79. The highest BCUT2D eigenvalue weighted by molar-refractivity contribution is 6.04. The van der Waals surface area contributed by atoms with Crippen LogP contribution in [0.25, 0.3) is 0 Å². The van der Waals surface area contributed by atoms with E-state index in [4.69, 9.17) is 4.74 Å². The summed E-state index contributed by atoms with van der Waals surface area (Å²) in [6.07, 6.45) is 0. The van der Waals surface area contributed by atoms with Crippen LogP contribution in [0.15, 0.2) is 54.6 Å². The first-order chi connectivity index (χ1) is 12.9. The van der Waals surface area contributed by atoms with Gasteiger partial charge in [0.25, 0.3) is 5.91 Å². The Hall–Kier alpha value is -3.21. The Morgan fingerprint density at radius 3 is 2.07 bits per heavy atom. The van der Waals surface area contributed by atoms with E-state index in [-0.39, 0.29) is 5.91 Å². The Morgan fingerprint density at radius 1 is 0.926 bits per heavy atom. The number of nitrogens with zero attached hydrogens (tertiary/aromatic N) is 2. The molecule has 1 amide bonds. The fourth-order valence-corrected chi connectivity index (χ4v) is 2.67. The van der Waals surface area contributed by atoms with Crippen molar-refractivity contribution in [1.82, 2.24) is 9.97 Å². The summed E-state index contributed by atoms with van der Waals surface area (Å²) in [6.45, 7) is 8.05. The van der Waals surface area contributed by atoms with Crippen molar-refractivity contribution < 1.29 is 9.53 Å². The van der Waals surface area contributed by atoms with Crippen LogP contribution in [0, 0.1) is 13.8 Å². The van der Waals surface area contributed by atoms with E-state index >= 15 is 0 Å². The first-order valence-corrected chi connectivity index (χ1v) is 8.92. The van der Waals surface area contributed by atoms with Crippen molar-refractivity contribution in [3.05, 3.63) is 77.1 Å². The maximum atomic E-state index is 12.4. The maximum absolute atomic E-state index is 12.4. The monoisotopic (exact) mass is 361 g/mol. The van der Waals surface area contributed by atoms with Crippen LogP contribution >= 0.6 is 0 Å². The van der Waals surface area contributed by atoms with Crippen LogP contribution in [0.1, 0.15) is 47.1 Å². The van der Waals surface area contributed by atoms with Crippen LogP contribution < -0.4 is 10.1 Å². The predicted octanol–water partition coefficient (Wildman–Crippen LogP) is 5.26. The Balaban J connectivity index is 1.65. The Labute approximate surface area is 159 Å². The van der Waals surface area contributed by atoms with Crippen molar-refractivity contribution in [2.45, 2.75) is 33.6 Å². The van der Waals surface area contributed by atoms with E-state index < -0.39 is 0 Å². The van der Waals surface area contributed by atoms with E-state index in [1.807, 2.05) is 44.2 Å². The first-order valence-electron chi connectivity index (χ1n) is 8.92. The van der Waals surface area contributed by atoms with E-state index in [9.17, 15) is 4.79 Å². The molecule has 3 rings (SSSR count).